The highest BCUT2D eigenvalue weighted by Crippen LogP contribution is 2.16. The largest absolute Gasteiger partial charge is 0.329 e. The Bertz CT molecular complexity index is 474. The molecule has 0 aliphatic rings. The van der Waals surface area contributed by atoms with Crippen LogP contribution in [-0.2, 0) is 10.0 Å². The maximum atomic E-state index is 12.0. The van der Waals surface area contributed by atoms with Crippen LogP contribution in [0.3, 0.4) is 0 Å². The van der Waals surface area contributed by atoms with Crippen molar-refractivity contribution in [2.24, 2.45) is 5.73 Å². The van der Waals surface area contributed by atoms with Crippen LogP contribution < -0.4 is 10.5 Å². The van der Waals surface area contributed by atoms with Crippen LogP contribution in [0, 0.1) is 13.8 Å². The highest BCUT2D eigenvalue weighted by Gasteiger charge is 2.18. The third-order valence-electron chi connectivity index (χ3n) is 2.34. The average molecular weight is 279 g/mol. The first-order valence-corrected chi connectivity index (χ1v) is 6.65. The summed E-state index contributed by atoms with van der Waals surface area (Å²) >= 11 is 0. The molecule has 0 radical (unpaired) electrons. The van der Waals surface area contributed by atoms with Gasteiger partial charge in [-0.1, -0.05) is 12.1 Å². The summed E-state index contributed by atoms with van der Waals surface area (Å²) in [6.07, 6.45) is 0. The summed E-state index contributed by atoms with van der Waals surface area (Å²) in [6, 6.07) is 5.10. The van der Waals surface area contributed by atoms with E-state index in [4.69, 9.17) is 5.73 Å². The second-order valence-electron chi connectivity index (χ2n) is 4.03. The van der Waals surface area contributed by atoms with Crippen molar-refractivity contribution in [1.29, 1.82) is 0 Å². The van der Waals surface area contributed by atoms with Gasteiger partial charge in [0.2, 0.25) is 10.0 Å². The van der Waals surface area contributed by atoms with Crippen molar-refractivity contribution in [3.63, 3.8) is 0 Å². The zero-order valence-corrected chi connectivity index (χ0v) is 11.9. The van der Waals surface area contributed by atoms with E-state index >= 15 is 0 Å². The second kappa shape index (κ2) is 6.35. The van der Waals surface area contributed by atoms with Crippen LogP contribution in [0.15, 0.2) is 23.1 Å². The molecule has 4 nitrogen and oxygen atoms in total. The summed E-state index contributed by atoms with van der Waals surface area (Å²) in [6.45, 7) is 5.67. The standard InChI is InChI=1S/C11H18N2O2S.ClH/c1-8-4-5-9(2)11(6-8)16(14,15)13-10(3)7-12;/h4-6,10,13H,7,12H2,1-3H3;1H/t10-;/m0./s1. The summed E-state index contributed by atoms with van der Waals surface area (Å²) in [5.74, 6) is 0. The first-order chi connectivity index (χ1) is 7.36. The molecule has 1 rings (SSSR count). The third-order valence-corrected chi connectivity index (χ3v) is 4.07. The second-order valence-corrected chi connectivity index (χ2v) is 5.71. The van der Waals surface area contributed by atoms with Gasteiger partial charge in [0, 0.05) is 12.6 Å². The van der Waals surface area contributed by atoms with Gasteiger partial charge in [-0.05, 0) is 38.0 Å². The molecule has 0 aliphatic heterocycles. The molecule has 1 aromatic carbocycles. The van der Waals surface area contributed by atoms with Crippen LogP contribution in [0.5, 0.6) is 0 Å². The van der Waals surface area contributed by atoms with Gasteiger partial charge in [-0.25, -0.2) is 13.1 Å². The van der Waals surface area contributed by atoms with Crippen LogP contribution in [0.4, 0.5) is 0 Å². The van der Waals surface area contributed by atoms with Gasteiger partial charge in [-0.3, -0.25) is 0 Å². The van der Waals surface area contributed by atoms with Crippen LogP contribution in [0.1, 0.15) is 18.1 Å². The molecule has 0 amide bonds. The number of aryl methyl sites for hydroxylation is 2. The number of hydrogen-bond acceptors (Lipinski definition) is 3. The van der Waals surface area contributed by atoms with Gasteiger partial charge in [0.05, 0.1) is 4.90 Å². The molecule has 0 unspecified atom stereocenters. The molecule has 17 heavy (non-hydrogen) atoms. The molecule has 3 N–H and O–H groups in total. The van der Waals surface area contributed by atoms with Crippen molar-refractivity contribution in [1.82, 2.24) is 4.72 Å². The monoisotopic (exact) mass is 278 g/mol. The zero-order chi connectivity index (χ0) is 12.3. The Labute approximate surface area is 109 Å². The lowest BCUT2D eigenvalue weighted by molar-refractivity contribution is 0.562. The van der Waals surface area contributed by atoms with Gasteiger partial charge in [0.25, 0.3) is 0 Å². The number of nitrogens with one attached hydrogen (secondary N) is 1. The van der Waals surface area contributed by atoms with Crippen LogP contribution in [-0.4, -0.2) is 21.0 Å². The fourth-order valence-electron chi connectivity index (χ4n) is 1.37. The summed E-state index contributed by atoms with van der Waals surface area (Å²) < 4.78 is 26.6. The lowest BCUT2D eigenvalue weighted by Gasteiger charge is -2.14. The van der Waals surface area contributed by atoms with E-state index in [1.807, 2.05) is 13.0 Å². The van der Waals surface area contributed by atoms with Crippen molar-refractivity contribution >= 4 is 22.4 Å². The fourth-order valence-corrected chi connectivity index (χ4v) is 2.96. The maximum Gasteiger partial charge on any atom is 0.241 e. The van der Waals surface area contributed by atoms with Gasteiger partial charge in [0.1, 0.15) is 0 Å². The normalized spacial score (nSPS) is 12.9. The molecule has 98 valence electrons. The topological polar surface area (TPSA) is 72.2 Å². The van der Waals surface area contributed by atoms with Crippen molar-refractivity contribution in [3.8, 4) is 0 Å². The first kappa shape index (κ1) is 16.4. The van der Waals surface area contributed by atoms with E-state index < -0.39 is 10.0 Å². The number of halogens is 1. The van der Waals surface area contributed by atoms with Crippen LogP contribution in [0.25, 0.3) is 0 Å². The molecule has 1 atom stereocenters. The van der Waals surface area contributed by atoms with Crippen molar-refractivity contribution < 1.29 is 8.42 Å². The van der Waals surface area contributed by atoms with Gasteiger partial charge < -0.3 is 5.73 Å². The van der Waals surface area contributed by atoms with Gasteiger partial charge in [0.15, 0.2) is 0 Å². The fraction of sp³-hybridized carbons (Fsp3) is 0.455. The Morgan fingerprint density at radius 2 is 1.94 bits per heavy atom. The Morgan fingerprint density at radius 1 is 1.35 bits per heavy atom. The van der Waals surface area contributed by atoms with Gasteiger partial charge in [-0.2, -0.15) is 0 Å². The van der Waals surface area contributed by atoms with Crippen molar-refractivity contribution in [3.05, 3.63) is 29.3 Å². The molecular weight excluding hydrogens is 260 g/mol. The molecule has 0 bridgehead atoms. The Kier molecular flexibility index (Phi) is 6.12. The minimum Gasteiger partial charge on any atom is -0.329 e. The average Bonchev–Trinajstić information content (AvgIpc) is 2.20. The Morgan fingerprint density at radius 3 is 2.47 bits per heavy atom. The summed E-state index contributed by atoms with van der Waals surface area (Å²) in [5.41, 5.74) is 7.06. The molecule has 0 spiro atoms. The third kappa shape index (κ3) is 4.27. The molecule has 0 aliphatic carbocycles. The zero-order valence-electron chi connectivity index (χ0n) is 10.2. The quantitative estimate of drug-likeness (QED) is 0.873. The minimum absolute atomic E-state index is 0. The van der Waals surface area contributed by atoms with E-state index in [9.17, 15) is 8.42 Å². The van der Waals surface area contributed by atoms with Crippen LogP contribution in [0.2, 0.25) is 0 Å². The van der Waals surface area contributed by atoms with E-state index in [0.29, 0.717) is 4.90 Å². The summed E-state index contributed by atoms with van der Waals surface area (Å²) in [4.78, 5) is 0.327. The molecular formula is C11H19ClN2O2S. The molecule has 0 saturated heterocycles. The lowest BCUT2D eigenvalue weighted by Crippen LogP contribution is -2.38. The van der Waals surface area contributed by atoms with Crippen molar-refractivity contribution in [2.75, 3.05) is 6.54 Å². The Hall–Kier alpha value is -0.620. The van der Waals surface area contributed by atoms with E-state index in [0.717, 1.165) is 11.1 Å². The number of benzene rings is 1. The van der Waals surface area contributed by atoms with E-state index in [2.05, 4.69) is 4.72 Å². The number of sulfonamides is 1. The first-order valence-electron chi connectivity index (χ1n) is 5.16. The van der Waals surface area contributed by atoms with Crippen LogP contribution >= 0.6 is 12.4 Å². The molecule has 0 saturated carbocycles. The maximum absolute atomic E-state index is 12.0. The summed E-state index contributed by atoms with van der Waals surface area (Å²) in [5, 5.41) is 0. The highest BCUT2D eigenvalue weighted by atomic mass is 35.5. The number of nitrogens with two attached hydrogens (primary N) is 1. The lowest BCUT2D eigenvalue weighted by atomic mass is 10.2. The molecule has 0 fully saturated rings. The van der Waals surface area contributed by atoms with E-state index in [-0.39, 0.29) is 25.0 Å². The molecule has 6 heteroatoms. The van der Waals surface area contributed by atoms with E-state index in [1.54, 1.807) is 26.0 Å². The van der Waals surface area contributed by atoms with Crippen molar-refractivity contribution in [2.45, 2.75) is 31.7 Å². The smallest absolute Gasteiger partial charge is 0.241 e. The SMILES string of the molecule is Cc1ccc(C)c(S(=O)(=O)N[C@@H](C)CN)c1.Cl. The van der Waals surface area contributed by atoms with E-state index in [1.165, 1.54) is 0 Å². The predicted octanol–water partition coefficient (Wildman–Crippen LogP) is 1.35. The highest BCUT2D eigenvalue weighted by molar-refractivity contribution is 7.89. The molecule has 1 aromatic rings. The number of rotatable bonds is 4. The molecule has 0 aromatic heterocycles. The Balaban J connectivity index is 0.00000256. The molecule has 0 heterocycles. The predicted molar refractivity (Wildman–Crippen MR) is 72.0 cm³/mol. The summed E-state index contributed by atoms with van der Waals surface area (Å²) in [7, 11) is -3.45. The van der Waals surface area contributed by atoms with Gasteiger partial charge >= 0.3 is 0 Å². The van der Waals surface area contributed by atoms with Gasteiger partial charge in [-0.15, -0.1) is 12.4 Å². The minimum atomic E-state index is -3.45. The number of hydrogen-bond donors (Lipinski definition) is 2.